The minimum absolute atomic E-state index is 0.143. The van der Waals surface area contributed by atoms with E-state index in [1.807, 2.05) is 24.3 Å². The molecule has 0 saturated heterocycles. The standard InChI is InChI=1S/C16H14I2O2/c1-9(11-3-5-15(19)13(17)7-11)10(2)12-4-6-16(20)14(18)8-12/h3-8,10,19-20H,1H2,2H3. The average molecular weight is 492 g/mol. The molecular weight excluding hydrogens is 478 g/mol. The maximum atomic E-state index is 9.59. The summed E-state index contributed by atoms with van der Waals surface area (Å²) in [5.74, 6) is 0.727. The molecule has 0 spiro atoms. The summed E-state index contributed by atoms with van der Waals surface area (Å²) in [6.07, 6.45) is 0. The van der Waals surface area contributed by atoms with Crippen LogP contribution in [0.3, 0.4) is 0 Å². The fraction of sp³-hybridized carbons (Fsp3) is 0.125. The van der Waals surface area contributed by atoms with Crippen LogP contribution in [0.2, 0.25) is 0 Å². The summed E-state index contributed by atoms with van der Waals surface area (Å²) in [6, 6.07) is 11.1. The van der Waals surface area contributed by atoms with Crippen LogP contribution in [0.5, 0.6) is 11.5 Å². The van der Waals surface area contributed by atoms with Gasteiger partial charge in [-0.2, -0.15) is 0 Å². The number of phenols is 2. The maximum Gasteiger partial charge on any atom is 0.128 e. The first-order valence-corrected chi connectivity index (χ1v) is 8.22. The lowest BCUT2D eigenvalue weighted by molar-refractivity contribution is 0.470. The number of hydrogen-bond acceptors (Lipinski definition) is 2. The molecule has 4 heteroatoms. The third-order valence-electron chi connectivity index (χ3n) is 3.31. The first-order chi connectivity index (χ1) is 9.40. The highest BCUT2D eigenvalue weighted by molar-refractivity contribution is 14.1. The van der Waals surface area contributed by atoms with Gasteiger partial charge in [0.1, 0.15) is 11.5 Å². The van der Waals surface area contributed by atoms with Crippen molar-refractivity contribution >= 4 is 50.8 Å². The summed E-state index contributed by atoms with van der Waals surface area (Å²) in [4.78, 5) is 0. The van der Waals surface area contributed by atoms with Crippen LogP contribution in [0.15, 0.2) is 43.0 Å². The van der Waals surface area contributed by atoms with Gasteiger partial charge in [-0.3, -0.25) is 0 Å². The Morgan fingerprint density at radius 3 is 2.10 bits per heavy atom. The fourth-order valence-electron chi connectivity index (χ4n) is 1.95. The second-order valence-corrected chi connectivity index (χ2v) is 6.95. The Hall–Kier alpha value is -0.760. The van der Waals surface area contributed by atoms with Gasteiger partial charge in [0.2, 0.25) is 0 Å². The van der Waals surface area contributed by atoms with E-state index < -0.39 is 0 Å². The molecule has 0 saturated carbocycles. The molecule has 2 nitrogen and oxygen atoms in total. The lowest BCUT2D eigenvalue weighted by Crippen LogP contribution is -1.98. The second-order valence-electron chi connectivity index (χ2n) is 4.62. The van der Waals surface area contributed by atoms with E-state index in [2.05, 4.69) is 58.7 Å². The quantitative estimate of drug-likeness (QED) is 0.585. The normalized spacial score (nSPS) is 12.2. The summed E-state index contributed by atoms with van der Waals surface area (Å²) in [5.41, 5.74) is 3.12. The molecule has 2 aromatic carbocycles. The zero-order chi connectivity index (χ0) is 14.9. The smallest absolute Gasteiger partial charge is 0.128 e. The van der Waals surface area contributed by atoms with Gasteiger partial charge in [0, 0.05) is 5.92 Å². The van der Waals surface area contributed by atoms with Gasteiger partial charge in [0.15, 0.2) is 0 Å². The van der Waals surface area contributed by atoms with Gasteiger partial charge in [-0.1, -0.05) is 25.6 Å². The Kier molecular flexibility index (Phi) is 4.95. The number of benzene rings is 2. The number of hydrogen-bond donors (Lipinski definition) is 2. The van der Waals surface area contributed by atoms with Crippen molar-refractivity contribution in [3.63, 3.8) is 0 Å². The van der Waals surface area contributed by atoms with Crippen molar-refractivity contribution in [3.8, 4) is 11.5 Å². The van der Waals surface area contributed by atoms with Crippen molar-refractivity contribution in [2.75, 3.05) is 0 Å². The number of allylic oxidation sites excluding steroid dienone is 1. The predicted octanol–water partition coefficient (Wildman–Crippen LogP) is 5.12. The molecule has 2 rings (SSSR count). The summed E-state index contributed by atoms with van der Waals surface area (Å²) in [6.45, 7) is 6.26. The summed E-state index contributed by atoms with van der Waals surface area (Å²) in [7, 11) is 0. The molecule has 104 valence electrons. The fourth-order valence-corrected chi connectivity index (χ4v) is 3.00. The Balaban J connectivity index is 2.32. The van der Waals surface area contributed by atoms with Gasteiger partial charge in [-0.15, -0.1) is 0 Å². The average Bonchev–Trinajstić information content (AvgIpc) is 2.43. The molecule has 1 unspecified atom stereocenters. The predicted molar refractivity (Wildman–Crippen MR) is 99.1 cm³/mol. The zero-order valence-corrected chi connectivity index (χ0v) is 15.2. The van der Waals surface area contributed by atoms with E-state index in [4.69, 9.17) is 0 Å². The summed E-state index contributed by atoms with van der Waals surface area (Å²) < 4.78 is 1.65. The van der Waals surface area contributed by atoms with Crippen molar-refractivity contribution in [1.29, 1.82) is 0 Å². The van der Waals surface area contributed by atoms with Crippen molar-refractivity contribution in [2.45, 2.75) is 12.8 Å². The van der Waals surface area contributed by atoms with Crippen LogP contribution in [0, 0.1) is 7.14 Å². The largest absolute Gasteiger partial charge is 0.507 e. The van der Waals surface area contributed by atoms with Crippen LogP contribution in [0.25, 0.3) is 5.57 Å². The SMILES string of the molecule is C=C(c1ccc(O)c(I)c1)C(C)c1ccc(O)c(I)c1. The van der Waals surface area contributed by atoms with E-state index in [0.29, 0.717) is 5.75 Å². The molecule has 0 bridgehead atoms. The Morgan fingerprint density at radius 2 is 1.55 bits per heavy atom. The van der Waals surface area contributed by atoms with Gasteiger partial charge < -0.3 is 10.2 Å². The number of rotatable bonds is 3. The van der Waals surface area contributed by atoms with E-state index in [1.165, 1.54) is 0 Å². The lowest BCUT2D eigenvalue weighted by Gasteiger charge is -2.17. The van der Waals surface area contributed by atoms with Crippen molar-refractivity contribution in [1.82, 2.24) is 0 Å². The van der Waals surface area contributed by atoms with Crippen LogP contribution in [0.4, 0.5) is 0 Å². The monoisotopic (exact) mass is 492 g/mol. The Bertz CT molecular complexity index is 666. The van der Waals surface area contributed by atoms with Crippen LogP contribution in [-0.4, -0.2) is 10.2 Å². The molecule has 0 heterocycles. The van der Waals surface area contributed by atoms with Gasteiger partial charge >= 0.3 is 0 Å². The molecule has 0 fully saturated rings. The zero-order valence-electron chi connectivity index (χ0n) is 10.9. The van der Waals surface area contributed by atoms with Gasteiger partial charge in [-0.05, 0) is 86.1 Å². The highest BCUT2D eigenvalue weighted by Gasteiger charge is 2.14. The van der Waals surface area contributed by atoms with Crippen molar-refractivity contribution < 1.29 is 10.2 Å². The van der Waals surface area contributed by atoms with Crippen LogP contribution < -0.4 is 0 Å². The lowest BCUT2D eigenvalue weighted by atomic mass is 9.89. The van der Waals surface area contributed by atoms with E-state index in [-0.39, 0.29) is 11.7 Å². The molecule has 0 amide bonds. The first kappa shape index (κ1) is 15.6. The van der Waals surface area contributed by atoms with E-state index in [0.717, 1.165) is 23.8 Å². The molecule has 0 radical (unpaired) electrons. The maximum absolute atomic E-state index is 9.59. The number of aromatic hydroxyl groups is 2. The van der Waals surface area contributed by atoms with Crippen LogP contribution in [0.1, 0.15) is 24.0 Å². The molecule has 0 aliphatic carbocycles. The molecular formula is C16H14I2O2. The Morgan fingerprint density at radius 1 is 1.00 bits per heavy atom. The third-order valence-corrected chi connectivity index (χ3v) is 5.04. The molecule has 2 N–H and O–H groups in total. The third kappa shape index (κ3) is 3.28. The van der Waals surface area contributed by atoms with E-state index >= 15 is 0 Å². The molecule has 20 heavy (non-hydrogen) atoms. The Labute approximate surface area is 145 Å². The molecule has 2 aromatic rings. The molecule has 0 aromatic heterocycles. The van der Waals surface area contributed by atoms with Gasteiger partial charge in [-0.25, -0.2) is 0 Å². The van der Waals surface area contributed by atoms with E-state index in [9.17, 15) is 10.2 Å². The first-order valence-electron chi connectivity index (χ1n) is 6.06. The minimum Gasteiger partial charge on any atom is -0.507 e. The van der Waals surface area contributed by atoms with Crippen molar-refractivity contribution in [2.24, 2.45) is 0 Å². The molecule has 0 aliphatic rings. The highest BCUT2D eigenvalue weighted by Crippen LogP contribution is 2.34. The summed E-state index contributed by atoms with van der Waals surface area (Å²) >= 11 is 4.22. The number of phenolic OH excluding ortho intramolecular Hbond substituents is 2. The van der Waals surface area contributed by atoms with Crippen LogP contribution in [-0.2, 0) is 0 Å². The number of halogens is 2. The molecule has 0 aliphatic heterocycles. The van der Waals surface area contributed by atoms with Gasteiger partial charge in [0.25, 0.3) is 0 Å². The summed E-state index contributed by atoms with van der Waals surface area (Å²) in [5, 5.41) is 19.2. The molecule has 1 atom stereocenters. The van der Waals surface area contributed by atoms with Gasteiger partial charge in [0.05, 0.1) is 7.14 Å². The second kappa shape index (κ2) is 6.34. The topological polar surface area (TPSA) is 40.5 Å². The minimum atomic E-state index is 0.143. The van der Waals surface area contributed by atoms with Crippen LogP contribution >= 0.6 is 45.2 Å². The van der Waals surface area contributed by atoms with Crippen molar-refractivity contribution in [3.05, 3.63) is 61.2 Å². The highest BCUT2D eigenvalue weighted by atomic mass is 127. The van der Waals surface area contributed by atoms with E-state index in [1.54, 1.807) is 12.1 Å².